The van der Waals surface area contributed by atoms with Gasteiger partial charge in [0.15, 0.2) is 5.60 Å². The highest BCUT2D eigenvalue weighted by Crippen LogP contribution is 2.44. The number of aromatic nitrogens is 2. The summed E-state index contributed by atoms with van der Waals surface area (Å²) in [5.74, 6) is -0.833. The number of piperidine rings is 1. The SMILES string of the molecule is C[C@H]1CN(C(=O)c2ccn[nH]2)CC2CN[C@H]([C@@](C)(O)C(F)(F)F)[C@@H]21. The molecule has 3 rings (SSSR count). The zero-order valence-corrected chi connectivity index (χ0v) is 13.5. The molecule has 24 heavy (non-hydrogen) atoms. The lowest BCUT2D eigenvalue weighted by Gasteiger charge is -2.44. The van der Waals surface area contributed by atoms with Crippen molar-refractivity contribution in [3.8, 4) is 0 Å². The fourth-order valence-electron chi connectivity index (χ4n) is 4.09. The fraction of sp³-hybridized carbons (Fsp3) is 0.733. The quantitative estimate of drug-likeness (QED) is 0.747. The number of H-pyrrole nitrogens is 1. The highest BCUT2D eigenvalue weighted by atomic mass is 19.4. The molecule has 0 spiro atoms. The van der Waals surface area contributed by atoms with Gasteiger partial charge in [-0.1, -0.05) is 6.92 Å². The fourth-order valence-corrected chi connectivity index (χ4v) is 4.09. The van der Waals surface area contributed by atoms with Crippen molar-refractivity contribution < 1.29 is 23.1 Å². The lowest BCUT2D eigenvalue weighted by molar-refractivity contribution is -0.267. The molecule has 134 valence electrons. The van der Waals surface area contributed by atoms with Gasteiger partial charge >= 0.3 is 6.18 Å². The van der Waals surface area contributed by atoms with Crippen LogP contribution >= 0.6 is 0 Å². The van der Waals surface area contributed by atoms with Gasteiger partial charge in [-0.15, -0.1) is 0 Å². The molecule has 0 bridgehead atoms. The van der Waals surface area contributed by atoms with Gasteiger partial charge in [0.2, 0.25) is 0 Å². The van der Waals surface area contributed by atoms with Crippen molar-refractivity contribution in [2.24, 2.45) is 17.8 Å². The predicted octanol–water partition coefficient (Wildman–Crippen LogP) is 1.02. The summed E-state index contributed by atoms with van der Waals surface area (Å²) < 4.78 is 39.6. The van der Waals surface area contributed by atoms with E-state index in [9.17, 15) is 23.1 Å². The molecule has 1 unspecified atom stereocenters. The predicted molar refractivity (Wildman–Crippen MR) is 79.1 cm³/mol. The number of carbonyl (C=O) groups excluding carboxylic acids is 1. The van der Waals surface area contributed by atoms with E-state index in [1.165, 1.54) is 6.20 Å². The van der Waals surface area contributed by atoms with E-state index in [0.717, 1.165) is 6.92 Å². The smallest absolute Gasteiger partial charge is 0.379 e. The second kappa shape index (κ2) is 5.73. The summed E-state index contributed by atoms with van der Waals surface area (Å²) in [6.07, 6.45) is -3.22. The van der Waals surface area contributed by atoms with E-state index < -0.39 is 17.8 Å². The van der Waals surface area contributed by atoms with Gasteiger partial charge in [-0.05, 0) is 30.7 Å². The largest absolute Gasteiger partial charge is 0.418 e. The van der Waals surface area contributed by atoms with Crippen molar-refractivity contribution >= 4 is 5.91 Å². The molecule has 3 heterocycles. The summed E-state index contributed by atoms with van der Waals surface area (Å²) in [6.45, 7) is 3.71. The number of rotatable bonds is 2. The Bertz CT molecular complexity index is 602. The lowest BCUT2D eigenvalue weighted by atomic mass is 9.72. The van der Waals surface area contributed by atoms with Gasteiger partial charge in [0.25, 0.3) is 5.91 Å². The Morgan fingerprint density at radius 3 is 2.71 bits per heavy atom. The average Bonchev–Trinajstić information content (AvgIpc) is 3.14. The van der Waals surface area contributed by atoms with Crippen LogP contribution in [-0.4, -0.2) is 63.6 Å². The van der Waals surface area contributed by atoms with Gasteiger partial charge in [-0.25, -0.2) is 0 Å². The first kappa shape index (κ1) is 17.2. The van der Waals surface area contributed by atoms with E-state index >= 15 is 0 Å². The third kappa shape index (κ3) is 2.69. The third-order valence-electron chi connectivity index (χ3n) is 5.35. The normalized spacial score (nSPS) is 33.2. The number of alkyl halides is 3. The van der Waals surface area contributed by atoms with Crippen molar-refractivity contribution in [2.45, 2.75) is 31.7 Å². The number of aliphatic hydroxyl groups is 1. The first-order chi connectivity index (χ1) is 11.1. The molecular weight excluding hydrogens is 325 g/mol. The third-order valence-corrected chi connectivity index (χ3v) is 5.35. The maximum atomic E-state index is 13.2. The lowest BCUT2D eigenvalue weighted by Crippen LogP contribution is -2.60. The van der Waals surface area contributed by atoms with Gasteiger partial charge in [0.05, 0.1) is 0 Å². The van der Waals surface area contributed by atoms with Crippen LogP contribution in [-0.2, 0) is 0 Å². The molecule has 0 aromatic carbocycles. The van der Waals surface area contributed by atoms with E-state index in [0.29, 0.717) is 25.3 Å². The zero-order valence-electron chi connectivity index (χ0n) is 13.5. The van der Waals surface area contributed by atoms with Gasteiger partial charge < -0.3 is 15.3 Å². The molecule has 2 saturated heterocycles. The Kier molecular flexibility index (Phi) is 4.11. The van der Waals surface area contributed by atoms with E-state index in [2.05, 4.69) is 15.5 Å². The molecule has 2 fully saturated rings. The standard InChI is InChI=1S/C15H21F3N4O2/c1-8-6-22(13(23)10-3-4-20-21-10)7-9-5-19-12(11(8)9)14(2,24)15(16,17)18/h3-4,8-9,11-12,19,24H,5-7H2,1-2H3,(H,20,21)/t8-,9?,11+,12-,14+/m0/s1. The number of fused-ring (bicyclic) bond motifs is 1. The Labute approximate surface area is 137 Å². The number of carbonyl (C=O) groups is 1. The number of aromatic amines is 1. The first-order valence-electron chi connectivity index (χ1n) is 7.94. The van der Waals surface area contributed by atoms with Crippen molar-refractivity contribution in [2.75, 3.05) is 19.6 Å². The number of hydrogen-bond acceptors (Lipinski definition) is 4. The average molecular weight is 346 g/mol. The first-order valence-corrected chi connectivity index (χ1v) is 7.94. The number of halogens is 3. The van der Waals surface area contributed by atoms with Crippen LogP contribution in [0.15, 0.2) is 12.3 Å². The number of hydrogen-bond donors (Lipinski definition) is 3. The molecule has 3 N–H and O–H groups in total. The molecule has 1 aromatic rings. The summed E-state index contributed by atoms with van der Waals surface area (Å²) in [7, 11) is 0. The summed E-state index contributed by atoms with van der Waals surface area (Å²) in [6, 6.07) is 0.505. The second-order valence-electron chi connectivity index (χ2n) is 7.03. The van der Waals surface area contributed by atoms with Gasteiger partial charge in [-0.2, -0.15) is 18.3 Å². The topological polar surface area (TPSA) is 81.2 Å². The van der Waals surface area contributed by atoms with Crippen LogP contribution < -0.4 is 5.32 Å². The van der Waals surface area contributed by atoms with Crippen LogP contribution in [0.3, 0.4) is 0 Å². The Morgan fingerprint density at radius 1 is 1.42 bits per heavy atom. The zero-order chi connectivity index (χ0) is 17.7. The van der Waals surface area contributed by atoms with Crippen LogP contribution in [0.25, 0.3) is 0 Å². The maximum Gasteiger partial charge on any atom is 0.418 e. The van der Waals surface area contributed by atoms with Crippen molar-refractivity contribution in [3.63, 3.8) is 0 Å². The van der Waals surface area contributed by atoms with Crippen molar-refractivity contribution in [3.05, 3.63) is 18.0 Å². The number of nitrogens with one attached hydrogen (secondary N) is 2. The molecule has 1 amide bonds. The minimum atomic E-state index is -4.71. The van der Waals surface area contributed by atoms with Crippen molar-refractivity contribution in [1.82, 2.24) is 20.4 Å². The van der Waals surface area contributed by atoms with Crippen LogP contribution in [0.4, 0.5) is 13.2 Å². The highest BCUT2D eigenvalue weighted by Gasteiger charge is 2.61. The Hall–Kier alpha value is -1.61. The van der Waals surface area contributed by atoms with Gasteiger partial charge in [-0.3, -0.25) is 9.89 Å². The minimum Gasteiger partial charge on any atom is -0.379 e. The Balaban J connectivity index is 1.77. The van der Waals surface area contributed by atoms with E-state index in [1.807, 2.05) is 6.92 Å². The molecule has 2 aliphatic rings. The molecular formula is C15H21F3N4O2. The van der Waals surface area contributed by atoms with E-state index in [4.69, 9.17) is 0 Å². The minimum absolute atomic E-state index is 0.126. The summed E-state index contributed by atoms with van der Waals surface area (Å²) in [5, 5.41) is 19.3. The van der Waals surface area contributed by atoms with Crippen LogP contribution in [0.5, 0.6) is 0 Å². The second-order valence-corrected chi connectivity index (χ2v) is 7.03. The molecule has 0 aliphatic carbocycles. The molecule has 5 atom stereocenters. The summed E-state index contributed by atoms with van der Waals surface area (Å²) in [5.41, 5.74) is -2.43. The number of amides is 1. The van der Waals surface area contributed by atoms with Crippen molar-refractivity contribution in [1.29, 1.82) is 0 Å². The molecule has 2 aliphatic heterocycles. The highest BCUT2D eigenvalue weighted by molar-refractivity contribution is 5.92. The van der Waals surface area contributed by atoms with E-state index in [-0.39, 0.29) is 23.7 Å². The maximum absolute atomic E-state index is 13.2. The van der Waals surface area contributed by atoms with Gasteiger partial charge in [0.1, 0.15) is 5.69 Å². The molecule has 0 radical (unpaired) electrons. The molecule has 9 heteroatoms. The van der Waals surface area contributed by atoms with Crippen LogP contribution in [0.1, 0.15) is 24.3 Å². The van der Waals surface area contributed by atoms with Gasteiger partial charge in [0, 0.05) is 31.9 Å². The molecule has 0 saturated carbocycles. The molecule has 6 nitrogen and oxygen atoms in total. The monoisotopic (exact) mass is 346 g/mol. The Morgan fingerprint density at radius 2 is 2.12 bits per heavy atom. The van der Waals surface area contributed by atoms with E-state index in [1.54, 1.807) is 11.0 Å². The number of likely N-dealkylation sites (tertiary alicyclic amines) is 1. The molecule has 1 aromatic heterocycles. The summed E-state index contributed by atoms with van der Waals surface area (Å²) in [4.78, 5) is 14.1. The van der Waals surface area contributed by atoms with Crippen LogP contribution in [0.2, 0.25) is 0 Å². The summed E-state index contributed by atoms with van der Waals surface area (Å²) >= 11 is 0. The van der Waals surface area contributed by atoms with Crippen LogP contribution in [0, 0.1) is 17.8 Å². The number of nitrogens with zero attached hydrogens (tertiary/aromatic N) is 2.